The molecule has 0 aliphatic carbocycles. The lowest BCUT2D eigenvalue weighted by Crippen LogP contribution is -2.46. The highest BCUT2D eigenvalue weighted by atomic mass is 32.2. The van der Waals surface area contributed by atoms with E-state index in [1.807, 2.05) is 0 Å². The first kappa shape index (κ1) is 20.1. The van der Waals surface area contributed by atoms with Gasteiger partial charge >= 0.3 is 0 Å². The van der Waals surface area contributed by atoms with Crippen LogP contribution in [0.3, 0.4) is 0 Å². The molecule has 8 heteroatoms. The molecule has 1 N–H and O–H groups in total. The molecule has 0 unspecified atom stereocenters. The first-order chi connectivity index (χ1) is 12.9. The smallest absolute Gasteiger partial charge is 0.281 e. The van der Waals surface area contributed by atoms with Gasteiger partial charge < -0.3 is 10.2 Å². The van der Waals surface area contributed by atoms with Crippen LogP contribution in [0.25, 0.3) is 0 Å². The number of rotatable bonds is 6. The Morgan fingerprint density at radius 3 is 2.22 bits per heavy atom. The summed E-state index contributed by atoms with van der Waals surface area (Å²) in [5.41, 5.74) is 2.33. The second-order valence-corrected chi connectivity index (χ2v) is 9.68. The van der Waals surface area contributed by atoms with Crippen molar-refractivity contribution < 1.29 is 13.2 Å². The summed E-state index contributed by atoms with van der Waals surface area (Å²) in [4.78, 5) is 14.8. The average Bonchev–Trinajstić information content (AvgIpc) is 3.21. The Hall–Kier alpha value is -1.64. The van der Waals surface area contributed by atoms with Crippen molar-refractivity contribution in [1.82, 2.24) is 13.9 Å². The fourth-order valence-corrected chi connectivity index (χ4v) is 4.85. The van der Waals surface area contributed by atoms with E-state index in [1.54, 1.807) is 0 Å². The number of hydrogen-bond acceptors (Lipinski definition) is 4. The van der Waals surface area contributed by atoms with Crippen molar-refractivity contribution in [2.45, 2.75) is 32.2 Å². The molecule has 2 saturated heterocycles. The van der Waals surface area contributed by atoms with Crippen LogP contribution in [0.5, 0.6) is 0 Å². The predicted molar refractivity (Wildman–Crippen MR) is 107 cm³/mol. The zero-order valence-corrected chi connectivity index (χ0v) is 17.0. The maximum Gasteiger partial charge on any atom is 0.281 e. The fraction of sp³-hybridized carbons (Fsp3) is 0.632. The maximum atomic E-state index is 12.4. The number of nitrogens with one attached hydrogen (secondary N) is 1. The Morgan fingerprint density at radius 2 is 1.67 bits per heavy atom. The second kappa shape index (κ2) is 8.58. The van der Waals surface area contributed by atoms with Crippen LogP contribution in [0.1, 0.15) is 31.2 Å². The summed E-state index contributed by atoms with van der Waals surface area (Å²) < 4.78 is 27.0. The molecular formula is C19H30N4O3S. The lowest BCUT2D eigenvalue weighted by atomic mass is 9.97. The van der Waals surface area contributed by atoms with Gasteiger partial charge in [-0.1, -0.05) is 12.1 Å². The van der Waals surface area contributed by atoms with E-state index in [2.05, 4.69) is 34.5 Å². The number of hydrogen-bond donors (Lipinski definition) is 1. The van der Waals surface area contributed by atoms with Crippen molar-refractivity contribution in [3.05, 3.63) is 29.8 Å². The Labute approximate surface area is 162 Å². The molecular weight excluding hydrogens is 364 g/mol. The van der Waals surface area contributed by atoms with Crippen LogP contribution in [0.4, 0.5) is 5.69 Å². The number of benzene rings is 1. The van der Waals surface area contributed by atoms with Crippen LogP contribution in [0.15, 0.2) is 24.3 Å². The van der Waals surface area contributed by atoms with E-state index in [0.29, 0.717) is 32.5 Å². The van der Waals surface area contributed by atoms with Crippen molar-refractivity contribution in [3.8, 4) is 0 Å². The van der Waals surface area contributed by atoms with E-state index in [1.165, 1.54) is 41.2 Å². The molecule has 0 radical (unpaired) electrons. The van der Waals surface area contributed by atoms with Gasteiger partial charge in [-0.2, -0.15) is 17.0 Å². The van der Waals surface area contributed by atoms with Crippen molar-refractivity contribution >= 4 is 21.8 Å². The monoisotopic (exact) mass is 394 g/mol. The van der Waals surface area contributed by atoms with E-state index in [9.17, 15) is 13.2 Å². The lowest BCUT2D eigenvalue weighted by molar-refractivity contribution is -0.126. The predicted octanol–water partition coefficient (Wildman–Crippen LogP) is 1.42. The Bertz CT molecular complexity index is 735. The van der Waals surface area contributed by atoms with Crippen LogP contribution in [-0.2, 0) is 21.5 Å². The van der Waals surface area contributed by atoms with Gasteiger partial charge in [0.15, 0.2) is 0 Å². The minimum Gasteiger partial charge on any atom is -0.372 e. The van der Waals surface area contributed by atoms with Crippen LogP contribution in [-0.4, -0.2) is 63.2 Å². The van der Waals surface area contributed by atoms with Gasteiger partial charge in [0.2, 0.25) is 5.91 Å². The summed E-state index contributed by atoms with van der Waals surface area (Å²) in [6, 6.07) is 8.38. The van der Waals surface area contributed by atoms with Gasteiger partial charge in [-0.05, 0) is 43.4 Å². The molecule has 2 aliphatic heterocycles. The highest BCUT2D eigenvalue weighted by Crippen LogP contribution is 2.22. The number of carbonyl (C=O) groups is 1. The number of anilines is 1. The largest absolute Gasteiger partial charge is 0.372 e. The quantitative estimate of drug-likeness (QED) is 0.792. The maximum absolute atomic E-state index is 12.4. The minimum absolute atomic E-state index is 0.0144. The third-order valence-corrected chi connectivity index (χ3v) is 7.43. The highest BCUT2D eigenvalue weighted by Gasteiger charge is 2.32. The third-order valence-electron chi connectivity index (χ3n) is 5.49. The molecule has 0 bridgehead atoms. The SMILES string of the molecule is CN(C)S(=O)(=O)N1CCC(C(=O)NCc2ccc(N3CCCC3)cc2)CC1. The van der Waals surface area contributed by atoms with E-state index in [4.69, 9.17) is 0 Å². The minimum atomic E-state index is -3.38. The zero-order valence-electron chi connectivity index (χ0n) is 16.2. The Kier molecular flexibility index (Phi) is 6.39. The molecule has 2 aliphatic rings. The van der Waals surface area contributed by atoms with Gasteiger partial charge in [0, 0.05) is 58.4 Å². The summed E-state index contributed by atoms with van der Waals surface area (Å²) in [6.45, 7) is 3.54. The summed E-state index contributed by atoms with van der Waals surface area (Å²) in [7, 11) is -0.323. The second-order valence-electron chi connectivity index (χ2n) is 7.54. The molecule has 0 aromatic heterocycles. The summed E-state index contributed by atoms with van der Waals surface area (Å²) in [5, 5.41) is 3.00. The van der Waals surface area contributed by atoms with E-state index < -0.39 is 10.2 Å². The van der Waals surface area contributed by atoms with Gasteiger partial charge in [-0.25, -0.2) is 0 Å². The summed E-state index contributed by atoms with van der Waals surface area (Å²) >= 11 is 0. The Balaban J connectivity index is 1.46. The summed E-state index contributed by atoms with van der Waals surface area (Å²) in [5.74, 6) is -0.108. The average molecular weight is 395 g/mol. The highest BCUT2D eigenvalue weighted by molar-refractivity contribution is 7.86. The van der Waals surface area contributed by atoms with Crippen LogP contribution in [0, 0.1) is 5.92 Å². The van der Waals surface area contributed by atoms with E-state index >= 15 is 0 Å². The molecule has 2 heterocycles. The Morgan fingerprint density at radius 1 is 1.07 bits per heavy atom. The van der Waals surface area contributed by atoms with Gasteiger partial charge in [0.25, 0.3) is 10.2 Å². The number of carbonyl (C=O) groups excluding carboxylic acids is 1. The molecule has 1 aromatic carbocycles. The molecule has 0 spiro atoms. The number of piperidine rings is 1. The van der Waals surface area contributed by atoms with Crippen LogP contribution in [0.2, 0.25) is 0 Å². The first-order valence-electron chi connectivity index (χ1n) is 9.67. The van der Waals surface area contributed by atoms with Crippen molar-refractivity contribution in [1.29, 1.82) is 0 Å². The third kappa shape index (κ3) is 4.80. The molecule has 0 saturated carbocycles. The van der Waals surface area contributed by atoms with Crippen LogP contribution < -0.4 is 10.2 Å². The zero-order chi connectivity index (χ0) is 19.4. The first-order valence-corrected chi connectivity index (χ1v) is 11.1. The summed E-state index contributed by atoms with van der Waals surface area (Å²) in [6.07, 6.45) is 3.64. The van der Waals surface area contributed by atoms with E-state index in [0.717, 1.165) is 18.7 Å². The number of amides is 1. The topological polar surface area (TPSA) is 73.0 Å². The van der Waals surface area contributed by atoms with Gasteiger partial charge in [0.1, 0.15) is 0 Å². The molecule has 150 valence electrons. The molecule has 7 nitrogen and oxygen atoms in total. The molecule has 1 aromatic rings. The standard InChI is InChI=1S/C19H30N4O3S/c1-21(2)27(25,26)23-13-9-17(10-14-23)19(24)20-15-16-5-7-18(8-6-16)22-11-3-4-12-22/h5-8,17H,3-4,9-15H2,1-2H3,(H,20,24). The van der Waals surface area contributed by atoms with Gasteiger partial charge in [0.05, 0.1) is 0 Å². The van der Waals surface area contributed by atoms with Gasteiger partial charge in [-0.15, -0.1) is 0 Å². The fourth-order valence-electron chi connectivity index (χ4n) is 3.71. The molecule has 0 atom stereocenters. The lowest BCUT2D eigenvalue weighted by Gasteiger charge is -2.32. The molecule has 1 amide bonds. The molecule has 27 heavy (non-hydrogen) atoms. The number of nitrogens with zero attached hydrogens (tertiary/aromatic N) is 3. The van der Waals surface area contributed by atoms with Crippen molar-refractivity contribution in [2.75, 3.05) is 45.2 Å². The van der Waals surface area contributed by atoms with Crippen LogP contribution >= 0.6 is 0 Å². The van der Waals surface area contributed by atoms with Crippen molar-refractivity contribution in [3.63, 3.8) is 0 Å². The molecule has 2 fully saturated rings. The molecule has 3 rings (SSSR count). The normalized spacial score (nSPS) is 19.6. The van der Waals surface area contributed by atoms with Gasteiger partial charge in [-0.3, -0.25) is 4.79 Å². The van der Waals surface area contributed by atoms with E-state index in [-0.39, 0.29) is 11.8 Å². The van der Waals surface area contributed by atoms with Crippen molar-refractivity contribution in [2.24, 2.45) is 5.92 Å².